The maximum Gasteiger partial charge on any atom is 0.255 e. The van der Waals surface area contributed by atoms with Crippen LogP contribution in [0.25, 0.3) is 0 Å². The summed E-state index contributed by atoms with van der Waals surface area (Å²) in [7, 11) is -3.44. The van der Waals surface area contributed by atoms with Crippen LogP contribution in [0, 0.1) is 6.92 Å². The lowest BCUT2D eigenvalue weighted by atomic mass is 10.1. The van der Waals surface area contributed by atoms with Gasteiger partial charge in [0.25, 0.3) is 5.91 Å². The van der Waals surface area contributed by atoms with E-state index in [2.05, 4.69) is 5.32 Å². The molecule has 132 valence electrons. The van der Waals surface area contributed by atoms with Crippen molar-refractivity contribution in [3.63, 3.8) is 0 Å². The van der Waals surface area contributed by atoms with E-state index in [0.29, 0.717) is 29.4 Å². The van der Waals surface area contributed by atoms with Crippen molar-refractivity contribution < 1.29 is 13.2 Å². The molecular weight excluding hydrogens is 360 g/mol. The van der Waals surface area contributed by atoms with Gasteiger partial charge in [-0.25, -0.2) is 8.42 Å². The second-order valence-electron chi connectivity index (χ2n) is 6.05. The highest BCUT2D eigenvalue weighted by molar-refractivity contribution is 7.89. The zero-order valence-electron chi connectivity index (χ0n) is 13.8. The van der Waals surface area contributed by atoms with Crippen LogP contribution in [0.3, 0.4) is 0 Å². The van der Waals surface area contributed by atoms with Gasteiger partial charge in [0.1, 0.15) is 0 Å². The number of carbonyl (C=O) groups is 1. The van der Waals surface area contributed by atoms with E-state index in [1.54, 1.807) is 30.3 Å². The predicted octanol–water partition coefficient (Wildman–Crippen LogP) is 3.69. The lowest BCUT2D eigenvalue weighted by molar-refractivity contribution is 0.102. The SMILES string of the molecule is Cc1cc(C(=O)Nc2ccc(S(=O)(=O)N3CCCC3)cc2)ccc1Cl. The highest BCUT2D eigenvalue weighted by Crippen LogP contribution is 2.23. The van der Waals surface area contributed by atoms with Crippen LogP contribution in [0.4, 0.5) is 5.69 Å². The van der Waals surface area contributed by atoms with E-state index in [0.717, 1.165) is 18.4 Å². The molecule has 0 unspecified atom stereocenters. The van der Waals surface area contributed by atoms with Crippen molar-refractivity contribution in [2.24, 2.45) is 0 Å². The monoisotopic (exact) mass is 378 g/mol. The number of anilines is 1. The van der Waals surface area contributed by atoms with Gasteiger partial charge in [0.2, 0.25) is 10.0 Å². The normalized spacial score (nSPS) is 15.3. The molecule has 0 bridgehead atoms. The van der Waals surface area contributed by atoms with Gasteiger partial charge in [-0.3, -0.25) is 4.79 Å². The molecular formula is C18H19ClN2O3S. The number of nitrogens with one attached hydrogen (secondary N) is 1. The highest BCUT2D eigenvalue weighted by atomic mass is 35.5. The topological polar surface area (TPSA) is 66.5 Å². The second-order valence-corrected chi connectivity index (χ2v) is 8.40. The smallest absolute Gasteiger partial charge is 0.255 e. The Bertz CT molecular complexity index is 889. The van der Waals surface area contributed by atoms with Gasteiger partial charge < -0.3 is 5.32 Å². The Labute approximate surface area is 152 Å². The number of sulfonamides is 1. The Kier molecular flexibility index (Phi) is 5.13. The van der Waals surface area contributed by atoms with Gasteiger partial charge in [0.15, 0.2) is 0 Å². The molecule has 0 spiro atoms. The fourth-order valence-electron chi connectivity index (χ4n) is 2.78. The summed E-state index contributed by atoms with van der Waals surface area (Å²) in [4.78, 5) is 12.5. The van der Waals surface area contributed by atoms with Gasteiger partial charge in [-0.15, -0.1) is 0 Å². The van der Waals surface area contributed by atoms with E-state index in [9.17, 15) is 13.2 Å². The second kappa shape index (κ2) is 7.15. The molecule has 3 rings (SSSR count). The van der Waals surface area contributed by atoms with E-state index >= 15 is 0 Å². The fourth-order valence-corrected chi connectivity index (χ4v) is 4.41. The molecule has 25 heavy (non-hydrogen) atoms. The lowest BCUT2D eigenvalue weighted by Crippen LogP contribution is -2.27. The van der Waals surface area contributed by atoms with Gasteiger partial charge >= 0.3 is 0 Å². The Morgan fingerprint density at radius 2 is 1.72 bits per heavy atom. The molecule has 1 amide bonds. The first-order valence-corrected chi connectivity index (χ1v) is 9.87. The first kappa shape index (κ1) is 17.9. The summed E-state index contributed by atoms with van der Waals surface area (Å²) in [5, 5.41) is 3.37. The first-order valence-electron chi connectivity index (χ1n) is 8.05. The van der Waals surface area contributed by atoms with E-state index in [1.807, 2.05) is 6.92 Å². The summed E-state index contributed by atoms with van der Waals surface area (Å²) in [6.45, 7) is 2.96. The summed E-state index contributed by atoms with van der Waals surface area (Å²) in [6.07, 6.45) is 1.79. The van der Waals surface area contributed by atoms with E-state index in [4.69, 9.17) is 11.6 Å². The number of aryl methyl sites for hydroxylation is 1. The Hall–Kier alpha value is -1.89. The number of amides is 1. The van der Waals surface area contributed by atoms with Crippen molar-refractivity contribution >= 4 is 33.2 Å². The van der Waals surface area contributed by atoms with Gasteiger partial charge in [0.05, 0.1) is 4.90 Å². The van der Waals surface area contributed by atoms with Crippen molar-refractivity contribution in [2.45, 2.75) is 24.7 Å². The molecule has 5 nitrogen and oxygen atoms in total. The Morgan fingerprint density at radius 1 is 1.08 bits per heavy atom. The third-order valence-corrected chi connectivity index (χ3v) is 6.57. The van der Waals surface area contributed by atoms with Crippen LogP contribution in [0.2, 0.25) is 5.02 Å². The molecule has 0 radical (unpaired) electrons. The van der Waals surface area contributed by atoms with Gasteiger partial charge in [-0.05, 0) is 67.8 Å². The molecule has 2 aromatic carbocycles. The summed E-state index contributed by atoms with van der Waals surface area (Å²) in [5.41, 5.74) is 1.86. The molecule has 1 fully saturated rings. The summed E-state index contributed by atoms with van der Waals surface area (Å²) >= 11 is 5.97. The minimum atomic E-state index is -3.44. The molecule has 1 N–H and O–H groups in total. The molecule has 2 aromatic rings. The standard InChI is InChI=1S/C18H19ClN2O3S/c1-13-12-14(4-9-17(13)19)18(22)20-15-5-7-16(8-6-15)25(23,24)21-10-2-3-11-21/h4-9,12H,2-3,10-11H2,1H3,(H,20,22). The number of hydrogen-bond donors (Lipinski definition) is 1. The van der Waals surface area contributed by atoms with Crippen LogP contribution < -0.4 is 5.32 Å². The first-order chi connectivity index (χ1) is 11.9. The summed E-state index contributed by atoms with van der Waals surface area (Å²) in [6, 6.07) is 11.3. The van der Waals surface area contributed by atoms with Crippen molar-refractivity contribution in [1.82, 2.24) is 4.31 Å². The minimum absolute atomic E-state index is 0.245. The molecule has 0 aromatic heterocycles. The molecule has 1 saturated heterocycles. The van der Waals surface area contributed by atoms with Crippen molar-refractivity contribution in [3.8, 4) is 0 Å². The van der Waals surface area contributed by atoms with Crippen molar-refractivity contribution in [1.29, 1.82) is 0 Å². The molecule has 0 saturated carbocycles. The number of benzene rings is 2. The van der Waals surface area contributed by atoms with Crippen LogP contribution in [-0.2, 0) is 10.0 Å². The maximum absolute atomic E-state index is 12.5. The Morgan fingerprint density at radius 3 is 2.32 bits per heavy atom. The number of halogens is 1. The van der Waals surface area contributed by atoms with Gasteiger partial charge in [-0.1, -0.05) is 11.6 Å². The number of rotatable bonds is 4. The van der Waals surface area contributed by atoms with Crippen LogP contribution in [0.5, 0.6) is 0 Å². The summed E-state index contributed by atoms with van der Waals surface area (Å²) < 4.78 is 26.5. The fraction of sp³-hybridized carbons (Fsp3) is 0.278. The number of nitrogens with zero attached hydrogens (tertiary/aromatic N) is 1. The Balaban J connectivity index is 1.74. The third-order valence-electron chi connectivity index (χ3n) is 4.24. The van der Waals surface area contributed by atoms with Crippen LogP contribution in [0.1, 0.15) is 28.8 Å². The van der Waals surface area contributed by atoms with Gasteiger partial charge in [0, 0.05) is 29.4 Å². The molecule has 1 aliphatic rings. The van der Waals surface area contributed by atoms with Crippen LogP contribution in [-0.4, -0.2) is 31.7 Å². The van der Waals surface area contributed by atoms with Crippen molar-refractivity contribution in [2.75, 3.05) is 18.4 Å². The molecule has 0 atom stereocenters. The maximum atomic E-state index is 12.5. The van der Waals surface area contributed by atoms with Crippen LogP contribution >= 0.6 is 11.6 Å². The molecule has 0 aliphatic carbocycles. The zero-order valence-corrected chi connectivity index (χ0v) is 15.4. The number of carbonyl (C=O) groups excluding carboxylic acids is 1. The zero-order chi connectivity index (χ0) is 18.0. The highest BCUT2D eigenvalue weighted by Gasteiger charge is 2.26. The predicted molar refractivity (Wildman–Crippen MR) is 98.6 cm³/mol. The van der Waals surface area contributed by atoms with Crippen LogP contribution in [0.15, 0.2) is 47.4 Å². The van der Waals surface area contributed by atoms with Crippen molar-refractivity contribution in [3.05, 3.63) is 58.6 Å². The molecule has 1 aliphatic heterocycles. The largest absolute Gasteiger partial charge is 0.322 e. The van der Waals surface area contributed by atoms with E-state index < -0.39 is 10.0 Å². The lowest BCUT2D eigenvalue weighted by Gasteiger charge is -2.15. The summed E-state index contributed by atoms with van der Waals surface area (Å²) in [5.74, 6) is -0.269. The average molecular weight is 379 g/mol. The van der Waals surface area contributed by atoms with E-state index in [1.165, 1.54) is 16.4 Å². The average Bonchev–Trinajstić information content (AvgIpc) is 3.13. The third kappa shape index (κ3) is 3.86. The number of hydrogen-bond acceptors (Lipinski definition) is 3. The molecule has 1 heterocycles. The van der Waals surface area contributed by atoms with Gasteiger partial charge in [-0.2, -0.15) is 4.31 Å². The quantitative estimate of drug-likeness (QED) is 0.882. The van der Waals surface area contributed by atoms with E-state index in [-0.39, 0.29) is 10.8 Å². The minimum Gasteiger partial charge on any atom is -0.322 e. The molecule has 7 heteroatoms.